The minimum atomic E-state index is 0.0560. The summed E-state index contributed by atoms with van der Waals surface area (Å²) in [6.07, 6.45) is 0. The van der Waals surface area contributed by atoms with Crippen molar-refractivity contribution in [2.75, 3.05) is 0 Å². The van der Waals surface area contributed by atoms with Crippen LogP contribution in [0, 0.1) is 0 Å². The second kappa shape index (κ2) is 7.87. The van der Waals surface area contributed by atoms with Gasteiger partial charge in [0.05, 0.1) is 0 Å². The Morgan fingerprint density at radius 1 is 0.432 bits per heavy atom. The first-order valence-corrected chi connectivity index (χ1v) is 12.6. The number of benzene rings is 6. The maximum atomic E-state index is 6.75. The molecule has 0 N–H and O–H groups in total. The standard InChI is InChI=1S/C34H21BO2/c1-2-10-22(11-3-1)26-20-23-12-4-5-13-24(23)21-27(26)25-18-19-32-33-34(25)37-31-17-9-7-15-29(31)35(33)28-14-6-8-16-30(28)36-32/h1-21H. The summed E-state index contributed by atoms with van der Waals surface area (Å²) >= 11 is 0. The van der Waals surface area contributed by atoms with Crippen molar-refractivity contribution in [2.45, 2.75) is 0 Å². The first-order valence-electron chi connectivity index (χ1n) is 12.6. The first kappa shape index (κ1) is 20.4. The number of rotatable bonds is 2. The molecule has 0 amide bonds. The van der Waals surface area contributed by atoms with Crippen molar-refractivity contribution in [3.63, 3.8) is 0 Å². The van der Waals surface area contributed by atoms with E-state index in [1.807, 2.05) is 12.1 Å². The minimum absolute atomic E-state index is 0.0560. The Labute approximate surface area is 215 Å². The van der Waals surface area contributed by atoms with Gasteiger partial charge in [-0.3, -0.25) is 0 Å². The van der Waals surface area contributed by atoms with Crippen molar-refractivity contribution >= 4 is 33.9 Å². The number of hydrogen-bond donors (Lipinski definition) is 0. The predicted octanol–water partition coefficient (Wildman–Crippen LogP) is 6.90. The summed E-state index contributed by atoms with van der Waals surface area (Å²) in [5.41, 5.74) is 8.04. The maximum absolute atomic E-state index is 6.75. The van der Waals surface area contributed by atoms with Crippen LogP contribution in [0.15, 0.2) is 127 Å². The van der Waals surface area contributed by atoms with Gasteiger partial charge < -0.3 is 9.47 Å². The van der Waals surface area contributed by atoms with Gasteiger partial charge in [-0.15, -0.1) is 0 Å². The zero-order valence-electron chi connectivity index (χ0n) is 20.0. The summed E-state index contributed by atoms with van der Waals surface area (Å²) in [5, 5.41) is 2.43. The van der Waals surface area contributed by atoms with Crippen molar-refractivity contribution in [2.24, 2.45) is 0 Å². The topological polar surface area (TPSA) is 18.5 Å². The highest BCUT2D eigenvalue weighted by Gasteiger charge is 2.41. The van der Waals surface area contributed by atoms with Gasteiger partial charge in [-0.05, 0) is 74.8 Å². The highest BCUT2D eigenvalue weighted by molar-refractivity contribution is 6.98. The molecule has 0 unspecified atom stereocenters. The molecule has 0 aromatic heterocycles. The fourth-order valence-electron chi connectivity index (χ4n) is 5.92. The summed E-state index contributed by atoms with van der Waals surface area (Å²) in [7, 11) is 0. The molecule has 172 valence electrons. The molecule has 0 atom stereocenters. The molecule has 2 aliphatic rings. The van der Waals surface area contributed by atoms with Gasteiger partial charge in [0.15, 0.2) is 0 Å². The molecule has 2 aliphatic heterocycles. The lowest BCUT2D eigenvalue weighted by Gasteiger charge is -2.34. The molecule has 37 heavy (non-hydrogen) atoms. The fourth-order valence-corrected chi connectivity index (χ4v) is 5.92. The van der Waals surface area contributed by atoms with Crippen molar-refractivity contribution in [3.8, 4) is 45.3 Å². The van der Waals surface area contributed by atoms with Crippen LogP contribution in [-0.2, 0) is 0 Å². The molecule has 0 saturated carbocycles. The van der Waals surface area contributed by atoms with Gasteiger partial charge in [0.25, 0.3) is 6.71 Å². The molecule has 2 nitrogen and oxygen atoms in total. The zero-order valence-corrected chi connectivity index (χ0v) is 20.0. The van der Waals surface area contributed by atoms with Gasteiger partial charge in [-0.2, -0.15) is 0 Å². The van der Waals surface area contributed by atoms with Crippen molar-refractivity contribution in [1.82, 2.24) is 0 Å². The summed E-state index contributed by atoms with van der Waals surface area (Å²) in [5.74, 6) is 3.55. The summed E-state index contributed by atoms with van der Waals surface area (Å²) < 4.78 is 13.2. The molecule has 6 aromatic carbocycles. The SMILES string of the molecule is c1ccc(-c2cc3ccccc3cc2-c2ccc3c4c2Oc2ccccc2B4c2ccccc2O3)cc1. The van der Waals surface area contributed by atoms with Gasteiger partial charge in [0.2, 0.25) is 0 Å². The molecule has 0 bridgehead atoms. The van der Waals surface area contributed by atoms with E-state index < -0.39 is 0 Å². The number of fused-ring (bicyclic) bond motifs is 5. The predicted molar refractivity (Wildman–Crippen MR) is 153 cm³/mol. The maximum Gasteiger partial charge on any atom is 0.260 e. The highest BCUT2D eigenvalue weighted by atomic mass is 16.5. The zero-order chi connectivity index (χ0) is 24.3. The minimum Gasteiger partial charge on any atom is -0.458 e. The van der Waals surface area contributed by atoms with Crippen molar-refractivity contribution < 1.29 is 9.47 Å². The molecule has 0 saturated heterocycles. The van der Waals surface area contributed by atoms with Crippen LogP contribution in [0.1, 0.15) is 0 Å². The number of ether oxygens (including phenoxy) is 2. The third kappa shape index (κ3) is 3.07. The first-order chi connectivity index (χ1) is 18.3. The Morgan fingerprint density at radius 2 is 1.03 bits per heavy atom. The van der Waals surface area contributed by atoms with Crippen LogP contribution in [0.4, 0.5) is 0 Å². The lowest BCUT2D eigenvalue weighted by Crippen LogP contribution is -2.57. The third-order valence-corrected chi connectivity index (χ3v) is 7.60. The van der Waals surface area contributed by atoms with Crippen LogP contribution in [0.2, 0.25) is 0 Å². The molecule has 6 aromatic rings. The molecule has 3 heteroatoms. The molecule has 0 radical (unpaired) electrons. The summed E-state index contributed by atoms with van der Waals surface area (Å²) in [6.45, 7) is 0.0560. The average Bonchev–Trinajstić information content (AvgIpc) is 2.97. The van der Waals surface area contributed by atoms with Gasteiger partial charge in [-0.25, -0.2) is 0 Å². The van der Waals surface area contributed by atoms with E-state index in [2.05, 4.69) is 115 Å². The Hall–Kier alpha value is -4.76. The molecular formula is C34H21BO2. The second-order valence-electron chi connectivity index (χ2n) is 9.68. The van der Waals surface area contributed by atoms with Crippen LogP contribution in [-0.4, -0.2) is 6.71 Å². The van der Waals surface area contributed by atoms with Crippen molar-refractivity contribution in [1.29, 1.82) is 0 Å². The lowest BCUT2D eigenvalue weighted by atomic mass is 9.34. The third-order valence-electron chi connectivity index (χ3n) is 7.60. The molecule has 2 heterocycles. The van der Waals surface area contributed by atoms with E-state index in [0.29, 0.717) is 0 Å². The Morgan fingerprint density at radius 3 is 1.76 bits per heavy atom. The van der Waals surface area contributed by atoms with E-state index in [1.54, 1.807) is 0 Å². The van der Waals surface area contributed by atoms with Gasteiger partial charge in [0.1, 0.15) is 23.0 Å². The van der Waals surface area contributed by atoms with Crippen molar-refractivity contribution in [3.05, 3.63) is 127 Å². The van der Waals surface area contributed by atoms with Crippen LogP contribution in [0.25, 0.3) is 33.0 Å². The Balaban J connectivity index is 1.44. The lowest BCUT2D eigenvalue weighted by molar-refractivity contribution is 0.465. The van der Waals surface area contributed by atoms with Crippen LogP contribution in [0.3, 0.4) is 0 Å². The van der Waals surface area contributed by atoms with E-state index in [4.69, 9.17) is 9.47 Å². The largest absolute Gasteiger partial charge is 0.458 e. The van der Waals surface area contributed by atoms with E-state index in [-0.39, 0.29) is 6.71 Å². The quantitative estimate of drug-likeness (QED) is 0.255. The van der Waals surface area contributed by atoms with Gasteiger partial charge >= 0.3 is 0 Å². The molecule has 0 aliphatic carbocycles. The van der Waals surface area contributed by atoms with Gasteiger partial charge in [0, 0.05) is 11.0 Å². The van der Waals surface area contributed by atoms with E-state index in [0.717, 1.165) is 39.6 Å². The van der Waals surface area contributed by atoms with Crippen LogP contribution >= 0.6 is 0 Å². The average molecular weight is 472 g/mol. The smallest absolute Gasteiger partial charge is 0.260 e. The second-order valence-corrected chi connectivity index (χ2v) is 9.68. The molecule has 0 fully saturated rings. The Bertz CT molecular complexity index is 1830. The van der Waals surface area contributed by atoms with E-state index in [9.17, 15) is 0 Å². The summed E-state index contributed by atoms with van der Waals surface area (Å²) in [6, 6.07) is 44.7. The van der Waals surface area contributed by atoms with Gasteiger partial charge in [-0.1, -0.05) is 91.0 Å². The molecule has 0 spiro atoms. The molecular weight excluding hydrogens is 451 g/mol. The monoisotopic (exact) mass is 472 g/mol. The van der Waals surface area contributed by atoms with Crippen LogP contribution < -0.4 is 25.9 Å². The molecule has 8 rings (SSSR count). The van der Waals surface area contributed by atoms with Crippen LogP contribution in [0.5, 0.6) is 23.0 Å². The van der Waals surface area contributed by atoms with E-state index in [1.165, 1.54) is 32.8 Å². The number of hydrogen-bond acceptors (Lipinski definition) is 2. The fraction of sp³-hybridized carbons (Fsp3) is 0. The number of para-hydroxylation sites is 2. The summed E-state index contributed by atoms with van der Waals surface area (Å²) in [4.78, 5) is 0. The normalized spacial score (nSPS) is 12.7. The highest BCUT2D eigenvalue weighted by Crippen LogP contribution is 2.44. The Kier molecular flexibility index (Phi) is 4.35. The van der Waals surface area contributed by atoms with E-state index >= 15 is 0 Å².